The van der Waals surface area contributed by atoms with Gasteiger partial charge in [0.1, 0.15) is 0 Å². The number of piperidine rings is 1. The van der Waals surface area contributed by atoms with Gasteiger partial charge in [0.2, 0.25) is 0 Å². The molecule has 3 unspecified atom stereocenters. The molecule has 0 aromatic heterocycles. The van der Waals surface area contributed by atoms with Crippen LogP contribution in [0.1, 0.15) is 74.7 Å². The van der Waals surface area contributed by atoms with E-state index in [4.69, 9.17) is 0 Å². The van der Waals surface area contributed by atoms with Crippen LogP contribution in [0.4, 0.5) is 0 Å². The minimum Gasteiger partial charge on any atom is -0.306 e. The van der Waals surface area contributed by atoms with Crippen LogP contribution in [0, 0.1) is 30.1 Å². The Labute approximate surface area is 121 Å². The summed E-state index contributed by atoms with van der Waals surface area (Å²) >= 11 is 0. The third kappa shape index (κ3) is 4.48. The van der Waals surface area contributed by atoms with Gasteiger partial charge in [-0.15, -0.1) is 0 Å². The van der Waals surface area contributed by atoms with Crippen molar-refractivity contribution in [2.45, 2.75) is 85.7 Å². The summed E-state index contributed by atoms with van der Waals surface area (Å²) < 4.78 is 0. The first-order valence-corrected chi connectivity index (χ1v) is 8.20. The molecule has 3 atom stereocenters. The first-order valence-electron chi connectivity index (χ1n) is 8.20. The Bertz CT molecular complexity index is 281. The maximum Gasteiger partial charge on any atom is 0.0194 e. The quantitative estimate of drug-likeness (QED) is 0.733. The van der Waals surface area contributed by atoms with Crippen molar-refractivity contribution in [1.82, 2.24) is 5.32 Å². The van der Waals surface area contributed by atoms with Crippen LogP contribution in [0.3, 0.4) is 0 Å². The molecule has 19 heavy (non-hydrogen) atoms. The molecule has 1 heterocycles. The highest BCUT2D eigenvalue weighted by atomic mass is 15.1. The summed E-state index contributed by atoms with van der Waals surface area (Å²) in [5, 5.41) is 4.07. The molecule has 0 saturated carbocycles. The molecule has 1 saturated heterocycles. The fraction of sp³-hybridized carbons (Fsp3) is 0.944. The van der Waals surface area contributed by atoms with Gasteiger partial charge in [-0.1, -0.05) is 41.5 Å². The molecule has 0 spiro atoms. The molecule has 113 valence electrons. The number of nitrogens with one attached hydrogen (secondary N) is 1. The van der Waals surface area contributed by atoms with E-state index in [0.29, 0.717) is 5.92 Å². The van der Waals surface area contributed by atoms with E-state index in [1.165, 1.54) is 19.3 Å². The molecular weight excluding hydrogens is 230 g/mol. The molecule has 1 nitrogen and oxygen atoms in total. The van der Waals surface area contributed by atoms with E-state index >= 15 is 0 Å². The first kappa shape index (κ1) is 17.0. The van der Waals surface area contributed by atoms with Gasteiger partial charge in [0.25, 0.3) is 0 Å². The van der Waals surface area contributed by atoms with E-state index in [1.807, 2.05) is 0 Å². The van der Waals surface area contributed by atoms with Gasteiger partial charge in [-0.2, -0.15) is 0 Å². The Hall–Kier alpha value is -0.0400. The van der Waals surface area contributed by atoms with E-state index in [-0.39, 0.29) is 11.1 Å². The van der Waals surface area contributed by atoms with Crippen LogP contribution in [0.15, 0.2) is 0 Å². The van der Waals surface area contributed by atoms with Gasteiger partial charge in [-0.25, -0.2) is 0 Å². The van der Waals surface area contributed by atoms with Crippen molar-refractivity contribution < 1.29 is 0 Å². The van der Waals surface area contributed by atoms with Gasteiger partial charge >= 0.3 is 0 Å². The molecule has 1 aliphatic rings. The second-order valence-electron chi connectivity index (χ2n) is 8.51. The molecule has 0 aromatic carbocycles. The summed E-state index contributed by atoms with van der Waals surface area (Å²) in [5.74, 6) is 2.91. The molecule has 1 radical (unpaired) electrons. The lowest BCUT2D eigenvalue weighted by Gasteiger charge is -2.53. The Morgan fingerprint density at radius 1 is 1.00 bits per heavy atom. The molecule has 1 fully saturated rings. The van der Waals surface area contributed by atoms with Gasteiger partial charge in [-0.3, -0.25) is 0 Å². The second kappa shape index (κ2) is 6.16. The van der Waals surface area contributed by atoms with Crippen LogP contribution in [-0.2, 0) is 0 Å². The van der Waals surface area contributed by atoms with E-state index in [2.05, 4.69) is 67.1 Å². The fourth-order valence-electron chi connectivity index (χ4n) is 4.55. The summed E-state index contributed by atoms with van der Waals surface area (Å²) in [6, 6.07) is 0. The lowest BCUT2D eigenvalue weighted by atomic mass is 9.65. The summed E-state index contributed by atoms with van der Waals surface area (Å²) in [6.45, 7) is 19.0. The standard InChI is InChI=1S/C18H36N/c1-13(2)11-17(7)10-9-16(15(5)6)18(8,19-17)12-14(3)4/h9,13-16,19H,10-12H2,1-8H3. The number of hydrogen-bond acceptors (Lipinski definition) is 1. The van der Waals surface area contributed by atoms with Crippen LogP contribution < -0.4 is 5.32 Å². The van der Waals surface area contributed by atoms with Crippen molar-refractivity contribution in [3.05, 3.63) is 6.42 Å². The average molecular weight is 266 g/mol. The normalized spacial score (nSPS) is 36.5. The Morgan fingerprint density at radius 2 is 1.53 bits per heavy atom. The van der Waals surface area contributed by atoms with Crippen molar-refractivity contribution in [3.63, 3.8) is 0 Å². The van der Waals surface area contributed by atoms with Gasteiger partial charge < -0.3 is 5.32 Å². The van der Waals surface area contributed by atoms with Gasteiger partial charge in [0.15, 0.2) is 0 Å². The highest BCUT2D eigenvalue weighted by Crippen LogP contribution is 2.42. The van der Waals surface area contributed by atoms with E-state index in [0.717, 1.165) is 17.8 Å². The molecule has 0 aromatic rings. The molecule has 1 heteroatoms. The zero-order chi connectivity index (χ0) is 14.8. The van der Waals surface area contributed by atoms with Crippen molar-refractivity contribution >= 4 is 0 Å². The van der Waals surface area contributed by atoms with Crippen molar-refractivity contribution in [1.29, 1.82) is 0 Å². The third-order valence-electron chi connectivity index (χ3n) is 4.55. The monoisotopic (exact) mass is 266 g/mol. The highest BCUT2D eigenvalue weighted by molar-refractivity contribution is 5.10. The van der Waals surface area contributed by atoms with Gasteiger partial charge in [0.05, 0.1) is 0 Å². The van der Waals surface area contributed by atoms with E-state index in [9.17, 15) is 0 Å². The van der Waals surface area contributed by atoms with E-state index < -0.39 is 0 Å². The SMILES string of the molecule is CC(C)CC1(C)C[CH]C(C(C)C)C(C)(CC(C)C)N1. The van der Waals surface area contributed by atoms with Crippen LogP contribution in [0.5, 0.6) is 0 Å². The molecule has 0 amide bonds. The topological polar surface area (TPSA) is 12.0 Å². The zero-order valence-electron chi connectivity index (χ0n) is 14.5. The average Bonchev–Trinajstić information content (AvgIpc) is 2.11. The minimum absolute atomic E-state index is 0.254. The molecule has 1 aliphatic heterocycles. The minimum atomic E-state index is 0.254. The first-order chi connectivity index (χ1) is 8.58. The summed E-state index contributed by atoms with van der Waals surface area (Å²) in [7, 11) is 0. The fourth-order valence-corrected chi connectivity index (χ4v) is 4.55. The van der Waals surface area contributed by atoms with Crippen molar-refractivity contribution in [2.75, 3.05) is 0 Å². The van der Waals surface area contributed by atoms with Crippen LogP contribution in [-0.4, -0.2) is 11.1 Å². The summed E-state index contributed by atoms with van der Waals surface area (Å²) in [5.41, 5.74) is 0.535. The predicted octanol–water partition coefficient (Wildman–Crippen LogP) is 5.07. The zero-order valence-corrected chi connectivity index (χ0v) is 14.5. The lowest BCUT2D eigenvalue weighted by molar-refractivity contribution is 0.0722. The number of rotatable bonds is 5. The highest BCUT2D eigenvalue weighted by Gasteiger charge is 2.45. The largest absolute Gasteiger partial charge is 0.306 e. The molecular formula is C18H36N. The van der Waals surface area contributed by atoms with Crippen LogP contribution >= 0.6 is 0 Å². The molecule has 1 N–H and O–H groups in total. The third-order valence-corrected chi connectivity index (χ3v) is 4.55. The molecule has 0 bridgehead atoms. The Balaban J connectivity index is 2.90. The second-order valence-corrected chi connectivity index (χ2v) is 8.51. The van der Waals surface area contributed by atoms with Gasteiger partial charge in [-0.05, 0) is 63.2 Å². The smallest absolute Gasteiger partial charge is 0.0194 e. The number of hydrogen-bond donors (Lipinski definition) is 1. The van der Waals surface area contributed by atoms with Crippen molar-refractivity contribution in [3.8, 4) is 0 Å². The summed E-state index contributed by atoms with van der Waals surface area (Å²) in [4.78, 5) is 0. The lowest BCUT2D eigenvalue weighted by Crippen LogP contribution is -2.64. The summed E-state index contributed by atoms with van der Waals surface area (Å²) in [6.07, 6.45) is 6.36. The maximum absolute atomic E-state index is 4.07. The van der Waals surface area contributed by atoms with Gasteiger partial charge in [0, 0.05) is 11.1 Å². The van der Waals surface area contributed by atoms with E-state index in [1.54, 1.807) is 0 Å². The molecule has 1 rings (SSSR count). The Morgan fingerprint density at radius 3 is 1.95 bits per heavy atom. The predicted molar refractivity (Wildman–Crippen MR) is 86.1 cm³/mol. The Kier molecular flexibility index (Phi) is 5.52. The van der Waals surface area contributed by atoms with Crippen molar-refractivity contribution in [2.24, 2.45) is 23.7 Å². The molecule has 0 aliphatic carbocycles. The maximum atomic E-state index is 4.07. The van der Waals surface area contributed by atoms with Crippen LogP contribution in [0.25, 0.3) is 0 Å². The van der Waals surface area contributed by atoms with Crippen LogP contribution in [0.2, 0.25) is 0 Å².